The van der Waals surface area contributed by atoms with Gasteiger partial charge in [0.25, 0.3) is 5.91 Å². The molecular weight excluding hydrogens is 384 g/mol. The third kappa shape index (κ3) is 3.77. The second-order valence-corrected chi connectivity index (χ2v) is 7.50. The van der Waals surface area contributed by atoms with E-state index in [-0.39, 0.29) is 5.91 Å². The van der Waals surface area contributed by atoms with Crippen LogP contribution < -0.4 is 14.8 Å². The van der Waals surface area contributed by atoms with Gasteiger partial charge in [0.1, 0.15) is 23.1 Å². The summed E-state index contributed by atoms with van der Waals surface area (Å²) >= 11 is 7.41. The lowest BCUT2D eigenvalue weighted by atomic mass is 10.1. The maximum atomic E-state index is 12.7. The molecule has 0 saturated carbocycles. The van der Waals surface area contributed by atoms with Gasteiger partial charge in [-0.2, -0.15) is 0 Å². The Morgan fingerprint density at radius 3 is 2.89 bits per heavy atom. The predicted molar refractivity (Wildman–Crippen MR) is 106 cm³/mol. The summed E-state index contributed by atoms with van der Waals surface area (Å²) in [5.41, 5.74) is 2.48. The number of hydrogen-bond acceptors (Lipinski definition) is 5. The van der Waals surface area contributed by atoms with Crippen molar-refractivity contribution in [2.24, 2.45) is 0 Å². The molecule has 138 valence electrons. The molecule has 1 N–H and O–H groups in total. The molecule has 0 saturated heterocycles. The van der Waals surface area contributed by atoms with E-state index in [0.717, 1.165) is 16.1 Å². The number of nitrogens with one attached hydrogen (secondary N) is 1. The zero-order valence-corrected chi connectivity index (χ0v) is 16.2. The summed E-state index contributed by atoms with van der Waals surface area (Å²) in [7, 11) is 0. The molecule has 2 aromatic carbocycles. The molecule has 4 rings (SSSR count). The molecule has 0 bridgehead atoms. The monoisotopic (exact) mass is 400 g/mol. The van der Waals surface area contributed by atoms with Crippen molar-refractivity contribution in [3.63, 3.8) is 0 Å². The Bertz CT molecular complexity index is 1000. The minimum Gasteiger partial charge on any atom is -0.486 e. The molecule has 5 nitrogen and oxygen atoms in total. The average molecular weight is 401 g/mol. The zero-order chi connectivity index (χ0) is 18.8. The van der Waals surface area contributed by atoms with Crippen molar-refractivity contribution >= 4 is 28.8 Å². The fourth-order valence-corrected chi connectivity index (χ4v) is 4.05. The van der Waals surface area contributed by atoms with Crippen LogP contribution in [0.25, 0.3) is 10.6 Å². The van der Waals surface area contributed by atoms with Gasteiger partial charge in [-0.15, -0.1) is 11.3 Å². The van der Waals surface area contributed by atoms with Crippen LogP contribution in [0.2, 0.25) is 5.02 Å². The summed E-state index contributed by atoms with van der Waals surface area (Å²) in [5, 5.41) is 4.37. The quantitative estimate of drug-likeness (QED) is 0.701. The molecule has 0 spiro atoms. The normalized spacial score (nSPS) is 12.7. The maximum absolute atomic E-state index is 12.7. The predicted octanol–water partition coefficient (Wildman–Crippen LogP) is 4.47. The molecule has 0 fully saturated rings. The van der Waals surface area contributed by atoms with Crippen LogP contribution in [0.15, 0.2) is 42.5 Å². The van der Waals surface area contributed by atoms with Crippen molar-refractivity contribution in [3.05, 3.63) is 63.6 Å². The van der Waals surface area contributed by atoms with E-state index in [4.69, 9.17) is 21.1 Å². The van der Waals surface area contributed by atoms with Crippen molar-refractivity contribution in [3.8, 4) is 22.1 Å². The molecule has 0 unspecified atom stereocenters. The van der Waals surface area contributed by atoms with Gasteiger partial charge in [-0.25, -0.2) is 4.98 Å². The fraction of sp³-hybridized carbons (Fsp3) is 0.200. The summed E-state index contributed by atoms with van der Waals surface area (Å²) in [5.74, 6) is 1.25. The number of para-hydroxylation sites is 1. The van der Waals surface area contributed by atoms with Crippen LogP contribution in [0.4, 0.5) is 0 Å². The Balaban J connectivity index is 1.51. The van der Waals surface area contributed by atoms with Gasteiger partial charge >= 0.3 is 0 Å². The van der Waals surface area contributed by atoms with Gasteiger partial charge in [0.15, 0.2) is 11.5 Å². The minimum absolute atomic E-state index is 0.160. The number of halogens is 1. The number of benzene rings is 2. The molecule has 1 aliphatic rings. The highest BCUT2D eigenvalue weighted by Crippen LogP contribution is 2.34. The van der Waals surface area contributed by atoms with E-state index in [1.54, 1.807) is 0 Å². The number of ether oxygens (including phenoxy) is 2. The first-order valence-corrected chi connectivity index (χ1v) is 9.70. The summed E-state index contributed by atoms with van der Waals surface area (Å²) in [6.45, 7) is 3.24. The van der Waals surface area contributed by atoms with E-state index >= 15 is 0 Å². The first kappa shape index (κ1) is 17.8. The maximum Gasteiger partial charge on any atom is 0.263 e. The lowest BCUT2D eigenvalue weighted by molar-refractivity contribution is 0.0953. The molecule has 1 aliphatic heterocycles. The van der Waals surface area contributed by atoms with Crippen molar-refractivity contribution in [2.75, 3.05) is 13.2 Å². The van der Waals surface area contributed by atoms with Gasteiger partial charge in [0.05, 0.1) is 5.69 Å². The largest absolute Gasteiger partial charge is 0.486 e. The third-order valence-electron chi connectivity index (χ3n) is 4.16. The van der Waals surface area contributed by atoms with Gasteiger partial charge in [-0.1, -0.05) is 35.9 Å². The highest BCUT2D eigenvalue weighted by Gasteiger charge is 2.19. The first-order valence-electron chi connectivity index (χ1n) is 8.51. The molecule has 1 amide bonds. The SMILES string of the molecule is Cc1nc(-c2cccc(Cl)c2)sc1C(=O)NCc1cccc2c1OCCO2. The molecule has 1 aromatic heterocycles. The fourth-order valence-electron chi connectivity index (χ4n) is 2.88. The second-order valence-electron chi connectivity index (χ2n) is 6.07. The topological polar surface area (TPSA) is 60.5 Å². The average Bonchev–Trinajstić information content (AvgIpc) is 3.08. The molecule has 7 heteroatoms. The number of fused-ring (bicyclic) bond motifs is 1. The Kier molecular flexibility index (Phi) is 5.01. The molecular formula is C20H17ClN2O3S. The first-order chi connectivity index (χ1) is 13.1. The molecule has 27 heavy (non-hydrogen) atoms. The van der Waals surface area contributed by atoms with Gasteiger partial charge in [0.2, 0.25) is 0 Å². The Labute approximate surface area is 165 Å². The van der Waals surface area contributed by atoms with Gasteiger partial charge in [0, 0.05) is 22.7 Å². The van der Waals surface area contributed by atoms with Crippen molar-refractivity contribution in [2.45, 2.75) is 13.5 Å². The summed E-state index contributed by atoms with van der Waals surface area (Å²) < 4.78 is 11.3. The minimum atomic E-state index is -0.160. The van der Waals surface area contributed by atoms with Gasteiger partial charge in [-0.05, 0) is 25.1 Å². The number of carbonyl (C=O) groups excluding carboxylic acids is 1. The number of aryl methyl sites for hydroxylation is 1. The summed E-state index contributed by atoms with van der Waals surface area (Å²) in [4.78, 5) is 17.8. The molecule has 0 aliphatic carbocycles. The summed E-state index contributed by atoms with van der Waals surface area (Å²) in [6.07, 6.45) is 0. The molecule has 0 atom stereocenters. The van der Waals surface area contributed by atoms with Crippen LogP contribution in [0.5, 0.6) is 11.5 Å². The standard InChI is InChI=1S/C20H17ClN2O3S/c1-12-18(27-20(23-12)13-4-2-6-15(21)10-13)19(24)22-11-14-5-3-7-16-17(14)26-9-8-25-16/h2-7,10H,8-9,11H2,1H3,(H,22,24). The zero-order valence-electron chi connectivity index (χ0n) is 14.6. The molecule has 2 heterocycles. The van der Waals surface area contributed by atoms with E-state index in [1.807, 2.05) is 49.4 Å². The number of nitrogens with zero attached hydrogens (tertiary/aromatic N) is 1. The lowest BCUT2D eigenvalue weighted by Crippen LogP contribution is -2.24. The lowest BCUT2D eigenvalue weighted by Gasteiger charge is -2.21. The van der Waals surface area contributed by atoms with Gasteiger partial charge < -0.3 is 14.8 Å². The third-order valence-corrected chi connectivity index (χ3v) is 5.60. The van der Waals surface area contributed by atoms with E-state index in [9.17, 15) is 4.79 Å². The smallest absolute Gasteiger partial charge is 0.263 e. The number of amides is 1. The Morgan fingerprint density at radius 1 is 1.22 bits per heavy atom. The highest BCUT2D eigenvalue weighted by molar-refractivity contribution is 7.17. The van der Waals surface area contributed by atoms with Crippen molar-refractivity contribution in [1.82, 2.24) is 10.3 Å². The van der Waals surface area contributed by atoms with Crippen molar-refractivity contribution < 1.29 is 14.3 Å². The Morgan fingerprint density at radius 2 is 2.04 bits per heavy atom. The van der Waals surface area contributed by atoms with Crippen LogP contribution in [0.3, 0.4) is 0 Å². The van der Waals surface area contributed by atoms with E-state index < -0.39 is 0 Å². The number of carbonyl (C=O) groups is 1. The molecule has 3 aromatic rings. The van der Waals surface area contributed by atoms with E-state index in [1.165, 1.54) is 11.3 Å². The molecule has 0 radical (unpaired) electrons. The number of aromatic nitrogens is 1. The number of hydrogen-bond donors (Lipinski definition) is 1. The van der Waals surface area contributed by atoms with Crippen LogP contribution in [-0.4, -0.2) is 24.1 Å². The highest BCUT2D eigenvalue weighted by atomic mass is 35.5. The second kappa shape index (κ2) is 7.58. The number of rotatable bonds is 4. The summed E-state index contributed by atoms with van der Waals surface area (Å²) in [6, 6.07) is 13.1. The van der Waals surface area contributed by atoms with E-state index in [2.05, 4.69) is 10.3 Å². The number of thiazole rings is 1. The van der Waals surface area contributed by atoms with Crippen LogP contribution in [0, 0.1) is 6.92 Å². The van der Waals surface area contributed by atoms with Gasteiger partial charge in [-0.3, -0.25) is 4.79 Å². The van der Waals surface area contributed by atoms with Crippen LogP contribution in [0.1, 0.15) is 20.9 Å². The van der Waals surface area contributed by atoms with E-state index in [0.29, 0.717) is 46.9 Å². The Hall–Kier alpha value is -2.57. The van der Waals surface area contributed by atoms with Crippen LogP contribution >= 0.6 is 22.9 Å². The van der Waals surface area contributed by atoms with Crippen molar-refractivity contribution in [1.29, 1.82) is 0 Å². The van der Waals surface area contributed by atoms with Crippen LogP contribution in [-0.2, 0) is 6.54 Å².